The third-order valence-corrected chi connectivity index (χ3v) is 2.91. The summed E-state index contributed by atoms with van der Waals surface area (Å²) in [5.74, 6) is 0. The molecule has 0 spiro atoms. The van der Waals surface area contributed by atoms with Gasteiger partial charge >= 0.3 is 0 Å². The Kier molecular flexibility index (Phi) is 2.68. The normalized spacial score (nSPS) is 9.93. The van der Waals surface area contributed by atoms with Crippen LogP contribution < -0.4 is 0 Å². The first-order valence-corrected chi connectivity index (χ1v) is 5.02. The maximum atomic E-state index is 8.78. The van der Waals surface area contributed by atoms with Crippen LogP contribution in [0.4, 0.5) is 0 Å². The van der Waals surface area contributed by atoms with Crippen molar-refractivity contribution in [1.29, 1.82) is 5.26 Å². The zero-order chi connectivity index (χ0) is 10.8. The maximum Gasteiger partial charge on any atom is 0.138 e. The van der Waals surface area contributed by atoms with E-state index in [0.717, 1.165) is 5.56 Å². The van der Waals surface area contributed by atoms with Crippen LogP contribution in [0.3, 0.4) is 0 Å². The zero-order valence-electron chi connectivity index (χ0n) is 7.59. The van der Waals surface area contributed by atoms with Gasteiger partial charge in [0.15, 0.2) is 0 Å². The monoisotopic (exact) mass is 236 g/mol. The predicted molar refractivity (Wildman–Crippen MR) is 61.0 cm³/mol. The van der Waals surface area contributed by atoms with Gasteiger partial charge in [-0.3, -0.25) is 0 Å². The molecule has 1 N–H and O–H groups in total. The van der Waals surface area contributed by atoms with E-state index in [1.54, 1.807) is 0 Å². The molecule has 4 heteroatoms. The van der Waals surface area contributed by atoms with Crippen LogP contribution in [0.2, 0.25) is 10.0 Å². The van der Waals surface area contributed by atoms with Gasteiger partial charge in [-0.1, -0.05) is 53.5 Å². The van der Waals surface area contributed by atoms with Crippen LogP contribution in [0.5, 0.6) is 0 Å². The van der Waals surface area contributed by atoms with E-state index in [4.69, 9.17) is 28.5 Å². The second kappa shape index (κ2) is 3.98. The van der Waals surface area contributed by atoms with Crippen LogP contribution in [0, 0.1) is 11.3 Å². The molecule has 0 aliphatic heterocycles. The highest BCUT2D eigenvalue weighted by Crippen LogP contribution is 2.35. The molecular formula is C11H6Cl2N2. The summed E-state index contributed by atoms with van der Waals surface area (Å²) in [4.78, 5) is 2.89. The highest BCUT2D eigenvalue weighted by atomic mass is 35.5. The van der Waals surface area contributed by atoms with Gasteiger partial charge in [0, 0.05) is 0 Å². The van der Waals surface area contributed by atoms with E-state index in [1.165, 1.54) is 0 Å². The molecule has 0 aliphatic carbocycles. The summed E-state index contributed by atoms with van der Waals surface area (Å²) >= 11 is 11.9. The third kappa shape index (κ3) is 1.72. The standard InChI is InChI=1S/C11H6Cl2N2/c12-9-8(6-14)15-11(10(9)13)7-4-2-1-3-5-7/h1-5,15H. The Balaban J connectivity index is 2.61. The number of halogens is 2. The summed E-state index contributed by atoms with van der Waals surface area (Å²) in [5, 5.41) is 9.44. The summed E-state index contributed by atoms with van der Waals surface area (Å²) in [6.45, 7) is 0. The largest absolute Gasteiger partial charge is 0.344 e. The smallest absolute Gasteiger partial charge is 0.138 e. The fourth-order valence-corrected chi connectivity index (χ4v) is 1.77. The van der Waals surface area contributed by atoms with Crippen molar-refractivity contribution in [1.82, 2.24) is 4.98 Å². The fourth-order valence-electron chi connectivity index (χ4n) is 1.33. The predicted octanol–water partition coefficient (Wildman–Crippen LogP) is 3.86. The molecule has 2 nitrogen and oxygen atoms in total. The molecule has 74 valence electrons. The van der Waals surface area contributed by atoms with Gasteiger partial charge in [-0.05, 0) is 5.56 Å². The summed E-state index contributed by atoms with van der Waals surface area (Å²) in [5.41, 5.74) is 1.88. The number of nitrogens with one attached hydrogen (secondary N) is 1. The average Bonchev–Trinajstić information content (AvgIpc) is 2.57. The van der Waals surface area contributed by atoms with E-state index in [0.29, 0.717) is 16.4 Å². The van der Waals surface area contributed by atoms with Crippen LogP contribution in [0.1, 0.15) is 5.69 Å². The van der Waals surface area contributed by atoms with Crippen molar-refractivity contribution in [2.75, 3.05) is 0 Å². The summed E-state index contributed by atoms with van der Waals surface area (Å²) in [7, 11) is 0. The minimum Gasteiger partial charge on any atom is -0.344 e. The maximum absolute atomic E-state index is 8.78. The molecule has 0 bridgehead atoms. The highest BCUT2D eigenvalue weighted by molar-refractivity contribution is 6.44. The van der Waals surface area contributed by atoms with Gasteiger partial charge in [-0.25, -0.2) is 0 Å². The second-order valence-corrected chi connectivity index (χ2v) is 3.74. The Hall–Kier alpha value is -1.43. The van der Waals surface area contributed by atoms with E-state index in [9.17, 15) is 0 Å². The highest BCUT2D eigenvalue weighted by Gasteiger charge is 2.14. The fraction of sp³-hybridized carbons (Fsp3) is 0. The lowest BCUT2D eigenvalue weighted by molar-refractivity contribution is 1.33. The van der Waals surface area contributed by atoms with Crippen LogP contribution in [-0.4, -0.2) is 4.98 Å². The van der Waals surface area contributed by atoms with Crippen molar-refractivity contribution in [2.45, 2.75) is 0 Å². The number of hydrogen-bond donors (Lipinski definition) is 1. The van der Waals surface area contributed by atoms with Crippen molar-refractivity contribution >= 4 is 23.2 Å². The van der Waals surface area contributed by atoms with Crippen molar-refractivity contribution in [2.24, 2.45) is 0 Å². The van der Waals surface area contributed by atoms with Gasteiger partial charge in [0.05, 0.1) is 15.7 Å². The molecule has 0 unspecified atom stereocenters. The first-order valence-electron chi connectivity index (χ1n) is 4.26. The molecule has 0 aliphatic rings. The molecule has 1 heterocycles. The van der Waals surface area contributed by atoms with E-state index in [-0.39, 0.29) is 5.02 Å². The molecule has 1 aromatic heterocycles. The molecule has 15 heavy (non-hydrogen) atoms. The van der Waals surface area contributed by atoms with Crippen LogP contribution in [0.15, 0.2) is 30.3 Å². The lowest BCUT2D eigenvalue weighted by Gasteiger charge is -1.97. The lowest BCUT2D eigenvalue weighted by Crippen LogP contribution is -1.77. The van der Waals surface area contributed by atoms with Crippen molar-refractivity contribution in [3.8, 4) is 17.3 Å². The Morgan fingerprint density at radius 1 is 1.07 bits per heavy atom. The van der Waals surface area contributed by atoms with Gasteiger partial charge < -0.3 is 4.98 Å². The number of nitrogens with zero attached hydrogens (tertiary/aromatic N) is 1. The SMILES string of the molecule is N#Cc1[nH]c(-c2ccccc2)c(Cl)c1Cl. The number of rotatable bonds is 1. The molecular weight excluding hydrogens is 231 g/mol. The molecule has 0 fully saturated rings. The topological polar surface area (TPSA) is 39.6 Å². The zero-order valence-corrected chi connectivity index (χ0v) is 9.10. The first-order chi connectivity index (χ1) is 7.24. The summed E-state index contributed by atoms with van der Waals surface area (Å²) < 4.78 is 0. The van der Waals surface area contributed by atoms with Gasteiger partial charge in [0.1, 0.15) is 11.8 Å². The van der Waals surface area contributed by atoms with Gasteiger partial charge in [0.25, 0.3) is 0 Å². The third-order valence-electron chi connectivity index (χ3n) is 2.06. The second-order valence-electron chi connectivity index (χ2n) is 2.98. The van der Waals surface area contributed by atoms with Gasteiger partial charge in [0.2, 0.25) is 0 Å². The van der Waals surface area contributed by atoms with Crippen molar-refractivity contribution < 1.29 is 0 Å². The van der Waals surface area contributed by atoms with E-state index in [1.807, 2.05) is 36.4 Å². The number of aromatic amines is 1. The Morgan fingerprint density at radius 2 is 1.73 bits per heavy atom. The Morgan fingerprint density at radius 3 is 2.27 bits per heavy atom. The summed E-state index contributed by atoms with van der Waals surface area (Å²) in [6, 6.07) is 11.5. The minimum absolute atomic E-state index is 0.276. The molecule has 0 atom stereocenters. The number of benzene rings is 1. The average molecular weight is 237 g/mol. The van der Waals surface area contributed by atoms with E-state index in [2.05, 4.69) is 4.98 Å². The molecule has 2 aromatic rings. The molecule has 0 saturated carbocycles. The molecule has 0 amide bonds. The quantitative estimate of drug-likeness (QED) is 0.803. The summed E-state index contributed by atoms with van der Waals surface area (Å²) in [6.07, 6.45) is 0. The number of H-pyrrole nitrogens is 1. The minimum atomic E-state index is 0.276. The van der Waals surface area contributed by atoms with Crippen LogP contribution in [0.25, 0.3) is 11.3 Å². The van der Waals surface area contributed by atoms with Gasteiger partial charge in [-0.2, -0.15) is 5.26 Å². The van der Waals surface area contributed by atoms with E-state index >= 15 is 0 Å². The molecule has 2 rings (SSSR count). The number of aromatic nitrogens is 1. The molecule has 0 saturated heterocycles. The van der Waals surface area contributed by atoms with E-state index < -0.39 is 0 Å². The van der Waals surface area contributed by atoms with Crippen molar-refractivity contribution in [3.05, 3.63) is 46.1 Å². The van der Waals surface area contributed by atoms with Gasteiger partial charge in [-0.15, -0.1) is 0 Å². The molecule has 0 radical (unpaired) electrons. The van der Waals surface area contributed by atoms with Crippen molar-refractivity contribution in [3.63, 3.8) is 0 Å². The van der Waals surface area contributed by atoms with Crippen LogP contribution >= 0.6 is 23.2 Å². The first kappa shape index (κ1) is 10.1. The Bertz CT molecular complexity index is 524. The number of nitriles is 1. The number of hydrogen-bond acceptors (Lipinski definition) is 1. The lowest BCUT2D eigenvalue weighted by atomic mass is 10.2. The van der Waals surface area contributed by atoms with Crippen LogP contribution in [-0.2, 0) is 0 Å². The molecule has 1 aromatic carbocycles. The Labute approximate surface area is 97.1 Å².